The largest absolute Gasteiger partial charge is 0.493 e. The van der Waals surface area contributed by atoms with Crippen molar-refractivity contribution in [2.24, 2.45) is 5.10 Å². The molecule has 0 spiro atoms. The fourth-order valence-electron chi connectivity index (χ4n) is 3.34. The quantitative estimate of drug-likeness (QED) is 0.341. The van der Waals surface area contributed by atoms with Crippen LogP contribution >= 0.6 is 0 Å². The van der Waals surface area contributed by atoms with E-state index in [1.807, 2.05) is 36.4 Å². The Balaban J connectivity index is 1.48. The predicted octanol–water partition coefficient (Wildman–Crippen LogP) is 4.02. The molecule has 1 heterocycles. The molecule has 8 heteroatoms. The third-order valence-electron chi connectivity index (χ3n) is 4.93. The Labute approximate surface area is 184 Å². The molecule has 8 nitrogen and oxygen atoms in total. The molecule has 0 atom stereocenters. The molecule has 0 bridgehead atoms. The molecule has 32 heavy (non-hydrogen) atoms. The molecule has 0 saturated carbocycles. The van der Waals surface area contributed by atoms with Gasteiger partial charge < -0.3 is 14.2 Å². The molecule has 1 amide bonds. The van der Waals surface area contributed by atoms with E-state index in [-0.39, 0.29) is 0 Å². The Bertz CT molecular complexity index is 1270. The summed E-state index contributed by atoms with van der Waals surface area (Å²) in [5.74, 6) is 1.06. The molecule has 0 aliphatic heterocycles. The second-order valence-electron chi connectivity index (χ2n) is 6.89. The second kappa shape index (κ2) is 9.22. The van der Waals surface area contributed by atoms with Gasteiger partial charge in [-0.25, -0.2) is 5.43 Å². The summed E-state index contributed by atoms with van der Waals surface area (Å²) in [6.07, 6.45) is 1.49. The average molecular weight is 430 g/mol. The van der Waals surface area contributed by atoms with Gasteiger partial charge in [0.05, 0.1) is 33.2 Å². The number of rotatable bonds is 7. The number of nitrogens with zero attached hydrogens (tertiary/aromatic N) is 2. The number of H-pyrrole nitrogens is 1. The highest BCUT2D eigenvalue weighted by atomic mass is 16.5. The molecular formula is C24H22N4O4. The minimum atomic E-state index is -0.409. The number of nitrogens with one attached hydrogen (secondary N) is 2. The topological polar surface area (TPSA) is 97.8 Å². The summed E-state index contributed by atoms with van der Waals surface area (Å²) in [6.45, 7) is 0. The number of benzene rings is 3. The molecule has 0 unspecified atom stereocenters. The Morgan fingerprint density at radius 1 is 0.938 bits per heavy atom. The predicted molar refractivity (Wildman–Crippen MR) is 123 cm³/mol. The molecule has 0 aliphatic rings. The minimum absolute atomic E-state index is 0.301. The van der Waals surface area contributed by atoms with Crippen LogP contribution in [0.4, 0.5) is 0 Å². The third-order valence-corrected chi connectivity index (χ3v) is 4.93. The number of methoxy groups -OCH3 is 3. The number of ether oxygens (including phenoxy) is 3. The van der Waals surface area contributed by atoms with Crippen LogP contribution in [0.5, 0.6) is 17.2 Å². The van der Waals surface area contributed by atoms with Crippen molar-refractivity contribution in [3.05, 3.63) is 71.9 Å². The number of hydrazone groups is 1. The summed E-state index contributed by atoms with van der Waals surface area (Å²) in [6, 6.07) is 19.3. The molecule has 4 aromatic rings. The lowest BCUT2D eigenvalue weighted by Crippen LogP contribution is -2.18. The summed E-state index contributed by atoms with van der Waals surface area (Å²) < 4.78 is 15.9. The molecule has 0 aliphatic carbocycles. The zero-order valence-corrected chi connectivity index (χ0v) is 17.9. The summed E-state index contributed by atoms with van der Waals surface area (Å²) in [5, 5.41) is 13.3. The van der Waals surface area contributed by atoms with E-state index in [0.29, 0.717) is 34.2 Å². The van der Waals surface area contributed by atoms with Crippen LogP contribution in [0.15, 0.2) is 65.8 Å². The number of hydrogen-bond acceptors (Lipinski definition) is 6. The fraction of sp³-hybridized carbons (Fsp3) is 0.125. The van der Waals surface area contributed by atoms with E-state index < -0.39 is 5.91 Å². The van der Waals surface area contributed by atoms with Crippen LogP contribution in [0.25, 0.3) is 22.0 Å². The maximum atomic E-state index is 12.5. The van der Waals surface area contributed by atoms with Crippen LogP contribution < -0.4 is 19.6 Å². The Kier molecular flexibility index (Phi) is 6.03. The van der Waals surface area contributed by atoms with Gasteiger partial charge in [0.15, 0.2) is 11.5 Å². The van der Waals surface area contributed by atoms with Gasteiger partial charge in [-0.05, 0) is 35.0 Å². The van der Waals surface area contributed by atoms with Gasteiger partial charge in [-0.2, -0.15) is 10.2 Å². The van der Waals surface area contributed by atoms with E-state index >= 15 is 0 Å². The van der Waals surface area contributed by atoms with Crippen molar-refractivity contribution in [2.45, 2.75) is 0 Å². The van der Waals surface area contributed by atoms with Crippen molar-refractivity contribution in [1.82, 2.24) is 15.6 Å². The number of carbonyl (C=O) groups is 1. The Morgan fingerprint density at radius 3 is 2.34 bits per heavy atom. The standard InChI is InChI=1S/C24H22N4O4/c1-30-21-10-15(11-22(31-2)23(21)32-3)14-25-28-24(29)20-13-19(26-27-20)18-9-8-16-6-4-5-7-17(16)12-18/h4-14H,1-3H3,(H,26,27)(H,28,29)/b25-14+. The van der Waals surface area contributed by atoms with Crippen molar-refractivity contribution in [2.75, 3.05) is 21.3 Å². The third kappa shape index (κ3) is 4.24. The Morgan fingerprint density at radius 2 is 1.66 bits per heavy atom. The van der Waals surface area contributed by atoms with Crippen LogP contribution in [0.2, 0.25) is 0 Å². The summed E-state index contributed by atoms with van der Waals surface area (Å²) in [4.78, 5) is 12.5. The van der Waals surface area contributed by atoms with E-state index in [1.165, 1.54) is 27.5 Å². The zero-order chi connectivity index (χ0) is 22.5. The highest BCUT2D eigenvalue weighted by Gasteiger charge is 2.13. The van der Waals surface area contributed by atoms with Crippen molar-refractivity contribution in [1.29, 1.82) is 0 Å². The first-order chi connectivity index (χ1) is 15.6. The highest BCUT2D eigenvalue weighted by Crippen LogP contribution is 2.37. The molecular weight excluding hydrogens is 408 g/mol. The second-order valence-corrected chi connectivity index (χ2v) is 6.89. The lowest BCUT2D eigenvalue weighted by molar-refractivity contribution is 0.0950. The maximum Gasteiger partial charge on any atom is 0.289 e. The van der Waals surface area contributed by atoms with E-state index in [1.54, 1.807) is 18.2 Å². The van der Waals surface area contributed by atoms with Crippen molar-refractivity contribution in [3.63, 3.8) is 0 Å². The maximum absolute atomic E-state index is 12.5. The van der Waals surface area contributed by atoms with E-state index in [4.69, 9.17) is 14.2 Å². The number of aromatic amines is 1. The van der Waals surface area contributed by atoms with Gasteiger partial charge in [0, 0.05) is 11.1 Å². The first-order valence-electron chi connectivity index (χ1n) is 9.81. The minimum Gasteiger partial charge on any atom is -0.493 e. The monoisotopic (exact) mass is 430 g/mol. The number of amides is 1. The molecule has 1 aromatic heterocycles. The van der Waals surface area contributed by atoms with Gasteiger partial charge in [-0.15, -0.1) is 0 Å². The number of aromatic nitrogens is 2. The normalized spacial score (nSPS) is 11.0. The van der Waals surface area contributed by atoms with E-state index in [2.05, 4.69) is 26.8 Å². The van der Waals surface area contributed by atoms with Crippen molar-refractivity contribution >= 4 is 22.9 Å². The van der Waals surface area contributed by atoms with Crippen molar-refractivity contribution in [3.8, 4) is 28.5 Å². The molecule has 0 radical (unpaired) electrons. The van der Waals surface area contributed by atoms with Gasteiger partial charge in [-0.3, -0.25) is 9.89 Å². The molecule has 2 N–H and O–H groups in total. The molecule has 4 rings (SSSR count). The van der Waals surface area contributed by atoms with Crippen LogP contribution in [-0.2, 0) is 0 Å². The van der Waals surface area contributed by atoms with Gasteiger partial charge in [0.1, 0.15) is 5.69 Å². The molecule has 0 saturated heterocycles. The summed E-state index contributed by atoms with van der Waals surface area (Å²) in [7, 11) is 4.60. The van der Waals surface area contributed by atoms with E-state index in [0.717, 1.165) is 16.3 Å². The van der Waals surface area contributed by atoms with Crippen LogP contribution in [0, 0.1) is 0 Å². The first kappa shape index (κ1) is 20.9. The SMILES string of the molecule is COc1cc(/C=N/NC(=O)c2cc(-c3ccc4ccccc4c3)n[nH]2)cc(OC)c1OC. The van der Waals surface area contributed by atoms with Gasteiger partial charge in [-0.1, -0.05) is 36.4 Å². The smallest absolute Gasteiger partial charge is 0.289 e. The zero-order valence-electron chi connectivity index (χ0n) is 17.9. The highest BCUT2D eigenvalue weighted by molar-refractivity contribution is 5.95. The molecule has 162 valence electrons. The van der Waals surface area contributed by atoms with Gasteiger partial charge in [0.2, 0.25) is 5.75 Å². The molecule has 3 aromatic carbocycles. The van der Waals surface area contributed by atoms with Crippen molar-refractivity contribution < 1.29 is 19.0 Å². The number of fused-ring (bicyclic) bond motifs is 1. The van der Waals surface area contributed by atoms with Gasteiger partial charge >= 0.3 is 0 Å². The number of hydrogen-bond donors (Lipinski definition) is 2. The lowest BCUT2D eigenvalue weighted by Gasteiger charge is -2.12. The summed E-state index contributed by atoms with van der Waals surface area (Å²) in [5.41, 5.74) is 5.05. The average Bonchev–Trinajstić information content (AvgIpc) is 3.33. The van der Waals surface area contributed by atoms with Crippen LogP contribution in [0.3, 0.4) is 0 Å². The van der Waals surface area contributed by atoms with Crippen LogP contribution in [-0.4, -0.2) is 43.6 Å². The summed E-state index contributed by atoms with van der Waals surface area (Å²) >= 11 is 0. The Hall–Kier alpha value is -4.33. The molecule has 0 fully saturated rings. The van der Waals surface area contributed by atoms with E-state index in [9.17, 15) is 4.79 Å². The first-order valence-corrected chi connectivity index (χ1v) is 9.81. The lowest BCUT2D eigenvalue weighted by atomic mass is 10.1. The van der Waals surface area contributed by atoms with Crippen LogP contribution in [0.1, 0.15) is 16.1 Å². The fourth-order valence-corrected chi connectivity index (χ4v) is 3.34. The number of carbonyl (C=O) groups excluding carboxylic acids is 1. The van der Waals surface area contributed by atoms with Gasteiger partial charge in [0.25, 0.3) is 5.91 Å².